The van der Waals surface area contributed by atoms with Crippen LogP contribution in [0.4, 0.5) is 5.69 Å². The molecule has 0 aliphatic carbocycles. The SMILES string of the molecule is CN(C)c1ccccc1.Clc1ncnc2[nH]ncc12.O=P(Cl)(Cl)Cl.O=c1[nH]cnc2[nH]ncc12. The lowest BCUT2D eigenvalue weighted by atomic mass is 10.3. The number of hydrogen-bond acceptors (Lipinski definition) is 8. The van der Waals surface area contributed by atoms with Crippen molar-refractivity contribution >= 4 is 78.3 Å². The number of hydrogen-bond donors (Lipinski definition) is 3. The number of halogens is 4. The lowest BCUT2D eigenvalue weighted by molar-refractivity contribution is 0.600. The molecular weight excluding hydrogens is 547 g/mol. The van der Waals surface area contributed by atoms with Gasteiger partial charge in [-0.3, -0.25) is 19.6 Å². The summed E-state index contributed by atoms with van der Waals surface area (Å²) in [6, 6.07) is 10.3. The molecule has 4 heterocycles. The molecule has 0 saturated carbocycles. The smallest absolute Gasteiger partial charge is 0.339 e. The van der Waals surface area contributed by atoms with E-state index in [0.29, 0.717) is 21.8 Å². The zero-order chi connectivity index (χ0) is 25.1. The second-order valence-corrected chi connectivity index (χ2v) is 13.3. The van der Waals surface area contributed by atoms with Gasteiger partial charge in [0.15, 0.2) is 11.3 Å². The van der Waals surface area contributed by atoms with Crippen molar-refractivity contribution in [2.75, 3.05) is 19.0 Å². The molecule has 180 valence electrons. The Kier molecular flexibility index (Phi) is 10.7. The third-order valence-electron chi connectivity index (χ3n) is 3.73. The van der Waals surface area contributed by atoms with E-state index in [2.05, 4.69) is 91.1 Å². The molecule has 3 N–H and O–H groups in total. The molecule has 0 atom stereocenters. The molecule has 0 fully saturated rings. The van der Waals surface area contributed by atoms with E-state index in [-0.39, 0.29) is 5.56 Å². The first kappa shape index (κ1) is 27.6. The number of aromatic amines is 3. The summed E-state index contributed by atoms with van der Waals surface area (Å²) in [7, 11) is 4.07. The van der Waals surface area contributed by atoms with Crippen LogP contribution in [-0.2, 0) is 4.57 Å². The van der Waals surface area contributed by atoms with Crippen LogP contribution in [0.3, 0.4) is 0 Å². The molecule has 0 spiro atoms. The first-order valence-corrected chi connectivity index (χ1v) is 13.9. The van der Waals surface area contributed by atoms with Crippen LogP contribution in [0.5, 0.6) is 0 Å². The van der Waals surface area contributed by atoms with Crippen LogP contribution >= 0.6 is 50.5 Å². The Bertz CT molecular complexity index is 1390. The van der Waals surface area contributed by atoms with Crippen LogP contribution in [0.1, 0.15) is 0 Å². The van der Waals surface area contributed by atoms with E-state index in [4.69, 9.17) is 11.6 Å². The van der Waals surface area contributed by atoms with E-state index in [0.717, 1.165) is 5.39 Å². The Morgan fingerprint density at radius 3 is 1.94 bits per heavy atom. The number of anilines is 1. The maximum absolute atomic E-state index is 10.9. The van der Waals surface area contributed by atoms with Gasteiger partial charge in [-0.2, -0.15) is 10.2 Å². The van der Waals surface area contributed by atoms with Gasteiger partial charge >= 0.3 is 5.20 Å². The number of fused-ring (bicyclic) bond motifs is 2. The average Bonchev–Trinajstić information content (AvgIpc) is 3.45. The third kappa shape index (κ3) is 9.66. The zero-order valence-electron chi connectivity index (χ0n) is 17.7. The van der Waals surface area contributed by atoms with Gasteiger partial charge in [-0.15, -0.1) is 0 Å². The van der Waals surface area contributed by atoms with Crippen molar-refractivity contribution < 1.29 is 4.57 Å². The Hall–Kier alpha value is -2.69. The van der Waals surface area contributed by atoms with E-state index in [1.807, 2.05) is 32.3 Å². The summed E-state index contributed by atoms with van der Waals surface area (Å²) in [6.07, 6.45) is 5.77. The standard InChI is InChI=1S/C8H11N.C5H3ClN4.C5H4N4O.Cl3OP/c1-9(2)8-6-4-3-5-7-8;6-4-3-1-9-10-5(3)8-2-7-4;10-5-3-1-8-9-4(3)6-2-7-5;1-5(2,3)4/h3-7H,1-2H3;1-2H,(H,7,8,9,10);1-2H,(H2,6,7,8,9,10);. The van der Waals surface area contributed by atoms with E-state index in [9.17, 15) is 9.36 Å². The van der Waals surface area contributed by atoms with Crippen molar-refractivity contribution in [3.05, 3.63) is 70.9 Å². The molecule has 0 radical (unpaired) electrons. The molecule has 5 rings (SSSR count). The lowest BCUT2D eigenvalue weighted by Gasteiger charge is -2.10. The summed E-state index contributed by atoms with van der Waals surface area (Å²) >= 11 is 19.5. The monoisotopic (exact) mass is 563 g/mol. The number of nitrogens with one attached hydrogen (secondary N) is 3. The first-order chi connectivity index (χ1) is 16.1. The van der Waals surface area contributed by atoms with Gasteiger partial charge in [-0.1, -0.05) is 29.8 Å². The van der Waals surface area contributed by atoms with Crippen molar-refractivity contribution in [2.24, 2.45) is 0 Å². The maximum Gasteiger partial charge on any atom is 0.339 e. The van der Waals surface area contributed by atoms with Gasteiger partial charge in [0.25, 0.3) is 5.56 Å². The van der Waals surface area contributed by atoms with Gasteiger partial charge in [0.1, 0.15) is 16.9 Å². The predicted octanol–water partition coefficient (Wildman–Crippen LogP) is 5.22. The van der Waals surface area contributed by atoms with E-state index in [1.54, 1.807) is 6.20 Å². The maximum atomic E-state index is 10.9. The summed E-state index contributed by atoms with van der Waals surface area (Å²) in [6.45, 7) is 0. The molecule has 11 nitrogen and oxygen atoms in total. The Morgan fingerprint density at radius 1 is 0.882 bits per heavy atom. The lowest BCUT2D eigenvalue weighted by Crippen LogP contribution is -2.07. The van der Waals surface area contributed by atoms with E-state index < -0.39 is 5.20 Å². The van der Waals surface area contributed by atoms with Gasteiger partial charge in [0.05, 0.1) is 24.1 Å². The summed E-state index contributed by atoms with van der Waals surface area (Å²) in [5.74, 6) is 0. The summed E-state index contributed by atoms with van der Waals surface area (Å²) < 4.78 is 9.51. The minimum atomic E-state index is -3.22. The second-order valence-electron chi connectivity index (χ2n) is 6.29. The van der Waals surface area contributed by atoms with Gasteiger partial charge in [0, 0.05) is 19.8 Å². The molecule has 0 aliphatic rings. The fourth-order valence-electron chi connectivity index (χ4n) is 2.24. The van der Waals surface area contributed by atoms with Crippen LogP contribution in [0.2, 0.25) is 5.15 Å². The van der Waals surface area contributed by atoms with Crippen molar-refractivity contribution in [1.29, 1.82) is 0 Å². The minimum absolute atomic E-state index is 0.168. The highest BCUT2D eigenvalue weighted by Crippen LogP contribution is 2.61. The molecule has 0 aliphatic heterocycles. The number of aromatic nitrogens is 8. The second kappa shape index (κ2) is 13.3. The Balaban J connectivity index is 0.000000165. The highest BCUT2D eigenvalue weighted by Gasteiger charge is 2.03. The average molecular weight is 565 g/mol. The van der Waals surface area contributed by atoms with Gasteiger partial charge in [0.2, 0.25) is 0 Å². The van der Waals surface area contributed by atoms with Gasteiger partial charge < -0.3 is 9.88 Å². The largest absolute Gasteiger partial charge is 0.378 e. The van der Waals surface area contributed by atoms with E-state index in [1.165, 1.54) is 24.5 Å². The van der Waals surface area contributed by atoms with Crippen LogP contribution in [-0.4, -0.2) is 54.4 Å². The number of para-hydroxylation sites is 1. The topological polar surface area (TPSA) is 149 Å². The fraction of sp³-hybridized carbons (Fsp3) is 0.111. The first-order valence-electron chi connectivity index (χ1n) is 9.14. The zero-order valence-corrected chi connectivity index (χ0v) is 21.6. The van der Waals surface area contributed by atoms with Gasteiger partial charge in [-0.25, -0.2) is 15.0 Å². The number of rotatable bonds is 1. The van der Waals surface area contributed by atoms with Crippen molar-refractivity contribution in [3.63, 3.8) is 0 Å². The van der Waals surface area contributed by atoms with Crippen LogP contribution in [0, 0.1) is 0 Å². The molecule has 5 aromatic rings. The summed E-state index contributed by atoms with van der Waals surface area (Å²) in [5.41, 5.74) is 2.26. The van der Waals surface area contributed by atoms with E-state index >= 15 is 0 Å². The molecule has 16 heteroatoms. The molecule has 0 saturated heterocycles. The fourth-order valence-corrected chi connectivity index (χ4v) is 2.42. The Labute approximate surface area is 212 Å². The normalized spacial score (nSPS) is 10.3. The van der Waals surface area contributed by atoms with Crippen LogP contribution in [0.15, 0.2) is 60.2 Å². The molecule has 34 heavy (non-hydrogen) atoms. The van der Waals surface area contributed by atoms with Crippen molar-refractivity contribution in [1.82, 2.24) is 40.3 Å². The molecular formula is C18H18Cl4N9O2P. The van der Waals surface area contributed by atoms with Crippen LogP contribution in [0.25, 0.3) is 22.1 Å². The highest BCUT2D eigenvalue weighted by molar-refractivity contribution is 8.24. The quantitative estimate of drug-likeness (QED) is 0.185. The van der Waals surface area contributed by atoms with Crippen molar-refractivity contribution in [3.8, 4) is 0 Å². The summed E-state index contributed by atoms with van der Waals surface area (Å²) in [4.78, 5) is 26.9. The molecule has 0 unspecified atom stereocenters. The number of nitrogens with zero attached hydrogens (tertiary/aromatic N) is 6. The predicted molar refractivity (Wildman–Crippen MR) is 137 cm³/mol. The van der Waals surface area contributed by atoms with Gasteiger partial charge in [-0.05, 0) is 45.9 Å². The molecule has 0 amide bonds. The van der Waals surface area contributed by atoms with Crippen LogP contribution < -0.4 is 10.5 Å². The highest BCUT2D eigenvalue weighted by atomic mass is 36.0. The van der Waals surface area contributed by atoms with Crippen molar-refractivity contribution in [2.45, 2.75) is 0 Å². The minimum Gasteiger partial charge on any atom is -0.378 e. The summed E-state index contributed by atoms with van der Waals surface area (Å²) in [5, 5.41) is 11.1. The third-order valence-corrected chi connectivity index (χ3v) is 4.03. The Morgan fingerprint density at radius 2 is 1.44 bits per heavy atom. The molecule has 1 aromatic carbocycles. The molecule has 4 aromatic heterocycles. The number of benzene rings is 1. The molecule has 0 bridgehead atoms. The number of H-pyrrole nitrogens is 3.